The van der Waals surface area contributed by atoms with E-state index in [-0.39, 0.29) is 5.78 Å². The molecule has 0 aliphatic rings. The van der Waals surface area contributed by atoms with Crippen LogP contribution in [0.5, 0.6) is 0 Å². The molecule has 0 heterocycles. The van der Waals surface area contributed by atoms with Crippen LogP contribution >= 0.6 is 0 Å². The lowest BCUT2D eigenvalue weighted by Crippen LogP contribution is -1.85. The van der Waals surface area contributed by atoms with Gasteiger partial charge in [0, 0.05) is 0 Å². The molecule has 2 aromatic rings. The van der Waals surface area contributed by atoms with Crippen LogP contribution in [0.2, 0.25) is 0 Å². The summed E-state index contributed by atoms with van der Waals surface area (Å²) in [6.45, 7) is 4.08. The zero-order valence-corrected chi connectivity index (χ0v) is 11.8. The van der Waals surface area contributed by atoms with E-state index in [1.54, 1.807) is 12.2 Å². The average Bonchev–Trinajstić information content (AvgIpc) is 2.43. The van der Waals surface area contributed by atoms with E-state index < -0.39 is 0 Å². The van der Waals surface area contributed by atoms with Gasteiger partial charge in [-0.2, -0.15) is 0 Å². The van der Waals surface area contributed by atoms with Gasteiger partial charge in [0.1, 0.15) is 0 Å². The van der Waals surface area contributed by atoms with Crippen LogP contribution in [0.3, 0.4) is 0 Å². The van der Waals surface area contributed by atoms with Crippen LogP contribution in [-0.4, -0.2) is 5.78 Å². The first-order valence-corrected chi connectivity index (χ1v) is 6.67. The molecule has 0 N–H and O–H groups in total. The van der Waals surface area contributed by atoms with Crippen molar-refractivity contribution in [3.63, 3.8) is 0 Å². The highest BCUT2D eigenvalue weighted by molar-refractivity contribution is 6.04. The van der Waals surface area contributed by atoms with E-state index in [2.05, 4.69) is 0 Å². The second-order valence-electron chi connectivity index (χ2n) is 4.90. The van der Waals surface area contributed by atoms with Crippen molar-refractivity contribution < 1.29 is 4.79 Å². The van der Waals surface area contributed by atoms with Crippen molar-refractivity contribution >= 4 is 17.9 Å². The minimum atomic E-state index is -0.00647. The van der Waals surface area contributed by atoms with E-state index in [1.807, 2.05) is 74.5 Å². The number of benzene rings is 2. The summed E-state index contributed by atoms with van der Waals surface area (Å²) in [6.07, 6.45) is 6.88. The molecule has 2 rings (SSSR count). The van der Waals surface area contributed by atoms with Gasteiger partial charge in [-0.1, -0.05) is 71.8 Å². The third-order valence-corrected chi connectivity index (χ3v) is 2.96. The SMILES string of the molecule is Cc1cccc(/C=C/C(=O)/C=C/c2cccc(C)c2)c1. The molecule has 0 radical (unpaired) electrons. The summed E-state index contributed by atoms with van der Waals surface area (Å²) >= 11 is 0. The van der Waals surface area contributed by atoms with Gasteiger partial charge in [0.05, 0.1) is 0 Å². The molecule has 0 spiro atoms. The molecule has 2 aromatic carbocycles. The molecule has 0 aliphatic heterocycles. The van der Waals surface area contributed by atoms with Crippen LogP contribution in [-0.2, 0) is 4.79 Å². The average molecular weight is 262 g/mol. The van der Waals surface area contributed by atoms with E-state index in [1.165, 1.54) is 11.1 Å². The number of hydrogen-bond acceptors (Lipinski definition) is 1. The van der Waals surface area contributed by atoms with Crippen LogP contribution in [0.15, 0.2) is 60.7 Å². The quantitative estimate of drug-likeness (QED) is 0.736. The predicted molar refractivity (Wildman–Crippen MR) is 85.4 cm³/mol. The summed E-state index contributed by atoms with van der Waals surface area (Å²) in [5, 5.41) is 0. The van der Waals surface area contributed by atoms with Gasteiger partial charge >= 0.3 is 0 Å². The lowest BCUT2D eigenvalue weighted by atomic mass is 10.1. The molecule has 0 atom stereocenters. The zero-order chi connectivity index (χ0) is 14.4. The minimum absolute atomic E-state index is 0.00647. The molecule has 0 saturated carbocycles. The van der Waals surface area contributed by atoms with Gasteiger partial charge in [-0.25, -0.2) is 0 Å². The van der Waals surface area contributed by atoms with Crippen LogP contribution in [0.1, 0.15) is 22.3 Å². The smallest absolute Gasteiger partial charge is 0.178 e. The molecule has 1 heteroatoms. The normalized spacial score (nSPS) is 11.3. The number of carbonyl (C=O) groups is 1. The molecule has 0 fully saturated rings. The van der Waals surface area contributed by atoms with E-state index in [4.69, 9.17) is 0 Å². The fourth-order valence-corrected chi connectivity index (χ4v) is 1.96. The Morgan fingerprint density at radius 2 is 1.25 bits per heavy atom. The number of carbonyl (C=O) groups excluding carboxylic acids is 1. The molecular formula is C19H18O. The third-order valence-electron chi connectivity index (χ3n) is 2.96. The summed E-state index contributed by atoms with van der Waals surface area (Å²) < 4.78 is 0. The van der Waals surface area contributed by atoms with Gasteiger partial charge in [-0.05, 0) is 37.1 Å². The Morgan fingerprint density at radius 1 is 0.800 bits per heavy atom. The van der Waals surface area contributed by atoms with Crippen molar-refractivity contribution in [2.24, 2.45) is 0 Å². The van der Waals surface area contributed by atoms with Gasteiger partial charge in [-0.3, -0.25) is 4.79 Å². The number of ketones is 1. The monoisotopic (exact) mass is 262 g/mol. The zero-order valence-electron chi connectivity index (χ0n) is 11.8. The lowest BCUT2D eigenvalue weighted by molar-refractivity contribution is -0.110. The van der Waals surface area contributed by atoms with Crippen LogP contribution in [0.25, 0.3) is 12.2 Å². The molecule has 0 bridgehead atoms. The highest BCUT2D eigenvalue weighted by Gasteiger charge is 1.92. The Hall–Kier alpha value is -2.41. The maximum atomic E-state index is 11.8. The summed E-state index contributed by atoms with van der Waals surface area (Å²) in [6, 6.07) is 16.1. The van der Waals surface area contributed by atoms with Crippen LogP contribution < -0.4 is 0 Å². The largest absolute Gasteiger partial charge is 0.290 e. The topological polar surface area (TPSA) is 17.1 Å². The van der Waals surface area contributed by atoms with E-state index in [9.17, 15) is 4.79 Å². The Labute approximate surface area is 120 Å². The maximum Gasteiger partial charge on any atom is 0.178 e. The van der Waals surface area contributed by atoms with Crippen LogP contribution in [0, 0.1) is 13.8 Å². The fourth-order valence-electron chi connectivity index (χ4n) is 1.96. The van der Waals surface area contributed by atoms with Crippen molar-refractivity contribution in [1.82, 2.24) is 0 Å². The molecule has 0 saturated heterocycles. The fraction of sp³-hybridized carbons (Fsp3) is 0.105. The van der Waals surface area contributed by atoms with E-state index in [0.29, 0.717) is 0 Å². The molecule has 0 amide bonds. The first-order valence-electron chi connectivity index (χ1n) is 6.67. The third kappa shape index (κ3) is 4.36. The van der Waals surface area contributed by atoms with E-state index in [0.717, 1.165) is 11.1 Å². The summed E-state index contributed by atoms with van der Waals surface area (Å²) in [5.41, 5.74) is 4.47. The van der Waals surface area contributed by atoms with Gasteiger partial charge in [0.15, 0.2) is 5.78 Å². The number of allylic oxidation sites excluding steroid dienone is 2. The Balaban J connectivity index is 2.02. The van der Waals surface area contributed by atoms with Crippen molar-refractivity contribution in [3.05, 3.63) is 82.9 Å². The van der Waals surface area contributed by atoms with Crippen molar-refractivity contribution in [2.45, 2.75) is 13.8 Å². The molecule has 0 unspecified atom stereocenters. The van der Waals surface area contributed by atoms with Crippen molar-refractivity contribution in [3.8, 4) is 0 Å². The van der Waals surface area contributed by atoms with Gasteiger partial charge < -0.3 is 0 Å². The predicted octanol–water partition coefficient (Wildman–Crippen LogP) is 4.60. The second kappa shape index (κ2) is 6.67. The second-order valence-corrected chi connectivity index (χ2v) is 4.90. The number of hydrogen-bond donors (Lipinski definition) is 0. The van der Waals surface area contributed by atoms with E-state index >= 15 is 0 Å². The maximum absolute atomic E-state index is 11.8. The molecular weight excluding hydrogens is 244 g/mol. The Morgan fingerprint density at radius 3 is 1.65 bits per heavy atom. The molecule has 100 valence electrons. The van der Waals surface area contributed by atoms with Gasteiger partial charge in [-0.15, -0.1) is 0 Å². The highest BCUT2D eigenvalue weighted by Crippen LogP contribution is 2.07. The number of aryl methyl sites for hydroxylation is 2. The van der Waals surface area contributed by atoms with Crippen molar-refractivity contribution in [2.75, 3.05) is 0 Å². The summed E-state index contributed by atoms with van der Waals surface area (Å²) in [4.78, 5) is 11.8. The Bertz CT molecular complexity index is 605. The minimum Gasteiger partial charge on any atom is -0.290 e. The molecule has 20 heavy (non-hydrogen) atoms. The Kier molecular flexibility index (Phi) is 4.67. The summed E-state index contributed by atoms with van der Waals surface area (Å²) in [7, 11) is 0. The molecule has 1 nitrogen and oxygen atoms in total. The van der Waals surface area contributed by atoms with Gasteiger partial charge in [0.2, 0.25) is 0 Å². The summed E-state index contributed by atoms with van der Waals surface area (Å²) in [5.74, 6) is -0.00647. The molecule has 0 aliphatic carbocycles. The lowest BCUT2D eigenvalue weighted by Gasteiger charge is -1.95. The molecule has 0 aromatic heterocycles. The standard InChI is InChI=1S/C19H18O/c1-15-5-3-7-17(13-15)9-11-19(20)12-10-18-8-4-6-16(2)14-18/h3-14H,1-2H3/b11-9+,12-10+. The van der Waals surface area contributed by atoms with Crippen LogP contribution in [0.4, 0.5) is 0 Å². The highest BCUT2D eigenvalue weighted by atomic mass is 16.1. The van der Waals surface area contributed by atoms with Gasteiger partial charge in [0.25, 0.3) is 0 Å². The first-order chi connectivity index (χ1) is 9.63. The first kappa shape index (κ1) is 14.0. The van der Waals surface area contributed by atoms with Crippen molar-refractivity contribution in [1.29, 1.82) is 0 Å². The number of rotatable bonds is 4.